The van der Waals surface area contributed by atoms with Crippen molar-refractivity contribution in [2.45, 2.75) is 63.6 Å². The number of piperidine rings is 1. The number of carbonyl (C=O) groups excluding carboxylic acids is 3. The Morgan fingerprint density at radius 3 is 2.58 bits per heavy atom. The Balaban J connectivity index is 1.57. The van der Waals surface area contributed by atoms with Crippen LogP contribution in [0.1, 0.15) is 45.6 Å². The van der Waals surface area contributed by atoms with Gasteiger partial charge in [-0.15, -0.1) is 0 Å². The first-order valence-corrected chi connectivity index (χ1v) is 11.7. The third-order valence-corrected chi connectivity index (χ3v) is 6.68. The minimum atomic E-state index is -0.914. The molecule has 0 saturated carbocycles. The molecule has 2 N–H and O–H groups in total. The zero-order valence-electron chi connectivity index (χ0n) is 19.9. The van der Waals surface area contributed by atoms with Crippen LogP contribution >= 0.6 is 0 Å². The number of esters is 1. The molecule has 4 rings (SSSR count). The first kappa shape index (κ1) is 23.3. The molecule has 2 aromatic rings. The van der Waals surface area contributed by atoms with Gasteiger partial charge in [-0.2, -0.15) is 0 Å². The second kappa shape index (κ2) is 8.82. The molecular formula is C25H34N4O4. The van der Waals surface area contributed by atoms with E-state index in [0.717, 1.165) is 29.6 Å². The molecule has 2 saturated heterocycles. The van der Waals surface area contributed by atoms with Crippen LogP contribution in [0.25, 0.3) is 10.9 Å². The predicted octanol–water partition coefficient (Wildman–Crippen LogP) is 2.23. The van der Waals surface area contributed by atoms with Crippen LogP contribution in [0.5, 0.6) is 0 Å². The van der Waals surface area contributed by atoms with Crippen molar-refractivity contribution in [3.05, 3.63) is 36.0 Å². The molecule has 1 aromatic carbocycles. The molecular weight excluding hydrogens is 420 g/mol. The molecule has 3 heterocycles. The SMILES string of the molecule is CN1CCC2(CC1)C(=O)NC(Cc1c[nH]c3ccccc13)C(=O)N2CCC(=O)OC(C)(C)C. The number of nitrogens with one attached hydrogen (secondary N) is 2. The largest absolute Gasteiger partial charge is 0.460 e. The summed E-state index contributed by atoms with van der Waals surface area (Å²) in [7, 11) is 2.01. The van der Waals surface area contributed by atoms with Crippen LogP contribution in [0, 0.1) is 0 Å². The van der Waals surface area contributed by atoms with Gasteiger partial charge in [0, 0.05) is 43.2 Å². The molecule has 1 aromatic heterocycles. The number of likely N-dealkylation sites (tertiary alicyclic amines) is 1. The monoisotopic (exact) mass is 454 g/mol. The Morgan fingerprint density at radius 1 is 1.18 bits per heavy atom. The maximum Gasteiger partial charge on any atom is 0.308 e. The van der Waals surface area contributed by atoms with Gasteiger partial charge in [0.05, 0.1) is 6.42 Å². The standard InChI is InChI=1S/C25H34N4O4/c1-24(2,3)33-21(30)9-12-29-22(31)20(15-17-16-26-19-8-6-5-7-18(17)19)27-23(32)25(29)10-13-28(4)14-11-25/h5-8,16,20,26H,9-15H2,1-4H3,(H,27,32). The number of piperazine rings is 1. The molecule has 2 fully saturated rings. The predicted molar refractivity (Wildman–Crippen MR) is 126 cm³/mol. The number of H-pyrrole nitrogens is 1. The van der Waals surface area contributed by atoms with Gasteiger partial charge in [-0.3, -0.25) is 14.4 Å². The Hall–Kier alpha value is -2.87. The van der Waals surface area contributed by atoms with Gasteiger partial charge in [0.15, 0.2) is 0 Å². The highest BCUT2D eigenvalue weighted by molar-refractivity contribution is 6.00. The molecule has 33 heavy (non-hydrogen) atoms. The van der Waals surface area contributed by atoms with Gasteiger partial charge in [0.2, 0.25) is 11.8 Å². The van der Waals surface area contributed by atoms with Gasteiger partial charge in [-0.1, -0.05) is 18.2 Å². The van der Waals surface area contributed by atoms with Gasteiger partial charge in [-0.25, -0.2) is 0 Å². The average Bonchev–Trinajstić information content (AvgIpc) is 3.15. The van der Waals surface area contributed by atoms with E-state index < -0.39 is 17.2 Å². The smallest absolute Gasteiger partial charge is 0.308 e. The number of hydrogen-bond donors (Lipinski definition) is 2. The number of amides is 2. The molecule has 0 aliphatic carbocycles. The lowest BCUT2D eigenvalue weighted by Crippen LogP contribution is -2.73. The van der Waals surface area contributed by atoms with Crippen LogP contribution in [-0.4, -0.2) is 76.4 Å². The highest BCUT2D eigenvalue weighted by Gasteiger charge is 2.53. The summed E-state index contributed by atoms with van der Waals surface area (Å²) in [6.45, 7) is 7.07. The van der Waals surface area contributed by atoms with E-state index in [-0.39, 0.29) is 30.7 Å². The van der Waals surface area contributed by atoms with Crippen LogP contribution in [0.2, 0.25) is 0 Å². The van der Waals surface area contributed by atoms with Crippen LogP contribution in [0.3, 0.4) is 0 Å². The van der Waals surface area contributed by atoms with Crippen LogP contribution in [0.4, 0.5) is 0 Å². The highest BCUT2D eigenvalue weighted by Crippen LogP contribution is 2.34. The van der Waals surface area contributed by atoms with E-state index in [2.05, 4.69) is 15.2 Å². The molecule has 1 atom stereocenters. The quantitative estimate of drug-likeness (QED) is 0.676. The fourth-order valence-corrected chi connectivity index (χ4v) is 4.94. The van der Waals surface area contributed by atoms with Crippen molar-refractivity contribution in [1.82, 2.24) is 20.1 Å². The van der Waals surface area contributed by atoms with Crippen LogP contribution in [-0.2, 0) is 25.5 Å². The summed E-state index contributed by atoms with van der Waals surface area (Å²) in [5.41, 5.74) is 0.470. The van der Waals surface area contributed by atoms with Crippen molar-refractivity contribution in [2.75, 3.05) is 26.7 Å². The Morgan fingerprint density at radius 2 is 1.88 bits per heavy atom. The molecule has 2 aliphatic heterocycles. The minimum Gasteiger partial charge on any atom is -0.460 e. The van der Waals surface area contributed by atoms with E-state index in [0.29, 0.717) is 19.3 Å². The minimum absolute atomic E-state index is 0.0632. The number of fused-ring (bicyclic) bond motifs is 1. The second-order valence-corrected chi connectivity index (χ2v) is 10.3. The molecule has 1 spiro atoms. The van der Waals surface area contributed by atoms with Crippen molar-refractivity contribution in [2.24, 2.45) is 0 Å². The third kappa shape index (κ3) is 4.76. The molecule has 0 radical (unpaired) electrons. The number of hydrogen-bond acceptors (Lipinski definition) is 5. The van der Waals surface area contributed by atoms with Crippen molar-refractivity contribution in [3.8, 4) is 0 Å². The van der Waals surface area contributed by atoms with Gasteiger partial charge < -0.3 is 24.8 Å². The lowest BCUT2D eigenvalue weighted by molar-refractivity contribution is -0.164. The number of para-hydroxylation sites is 1. The molecule has 8 nitrogen and oxygen atoms in total. The lowest BCUT2D eigenvalue weighted by Gasteiger charge is -2.51. The van der Waals surface area contributed by atoms with Crippen molar-refractivity contribution < 1.29 is 19.1 Å². The number of benzene rings is 1. The highest BCUT2D eigenvalue weighted by atomic mass is 16.6. The fourth-order valence-electron chi connectivity index (χ4n) is 4.94. The number of ether oxygens (including phenoxy) is 1. The topological polar surface area (TPSA) is 94.7 Å². The van der Waals surface area contributed by atoms with Gasteiger partial charge in [-0.05, 0) is 52.3 Å². The maximum absolute atomic E-state index is 13.7. The van der Waals surface area contributed by atoms with Crippen molar-refractivity contribution >= 4 is 28.7 Å². The van der Waals surface area contributed by atoms with Gasteiger partial charge >= 0.3 is 5.97 Å². The number of carbonyl (C=O) groups is 3. The third-order valence-electron chi connectivity index (χ3n) is 6.68. The fraction of sp³-hybridized carbons (Fsp3) is 0.560. The molecule has 2 aliphatic rings. The summed E-state index contributed by atoms with van der Waals surface area (Å²) in [6, 6.07) is 7.25. The summed E-state index contributed by atoms with van der Waals surface area (Å²) < 4.78 is 5.45. The summed E-state index contributed by atoms with van der Waals surface area (Å²) in [5.74, 6) is -0.616. The van der Waals surface area contributed by atoms with Crippen molar-refractivity contribution in [3.63, 3.8) is 0 Å². The summed E-state index contributed by atoms with van der Waals surface area (Å²) in [4.78, 5) is 46.7. The molecule has 178 valence electrons. The zero-order chi connectivity index (χ0) is 23.8. The summed E-state index contributed by atoms with van der Waals surface area (Å²) in [5, 5.41) is 4.06. The van der Waals surface area contributed by atoms with Crippen molar-refractivity contribution in [1.29, 1.82) is 0 Å². The normalized spacial score (nSPS) is 21.5. The van der Waals surface area contributed by atoms with E-state index in [1.165, 1.54) is 0 Å². The second-order valence-electron chi connectivity index (χ2n) is 10.3. The Kier molecular flexibility index (Phi) is 6.22. The number of aromatic amines is 1. The van der Waals surface area contributed by atoms with E-state index in [1.54, 1.807) is 4.90 Å². The first-order valence-electron chi connectivity index (χ1n) is 11.7. The number of aromatic nitrogens is 1. The molecule has 8 heteroatoms. The van der Waals surface area contributed by atoms with Gasteiger partial charge in [0.25, 0.3) is 0 Å². The number of rotatable bonds is 5. The Bertz CT molecular complexity index is 1050. The maximum atomic E-state index is 13.7. The van der Waals surface area contributed by atoms with E-state index in [1.807, 2.05) is 58.3 Å². The van der Waals surface area contributed by atoms with Gasteiger partial charge in [0.1, 0.15) is 17.2 Å². The first-order chi connectivity index (χ1) is 15.6. The molecule has 0 bridgehead atoms. The van der Waals surface area contributed by atoms with Crippen LogP contribution < -0.4 is 5.32 Å². The van der Waals surface area contributed by atoms with E-state index in [9.17, 15) is 14.4 Å². The molecule has 1 unspecified atom stereocenters. The number of nitrogens with zero attached hydrogens (tertiary/aromatic N) is 2. The average molecular weight is 455 g/mol. The molecule has 2 amide bonds. The zero-order valence-corrected chi connectivity index (χ0v) is 19.9. The summed E-state index contributed by atoms with van der Waals surface area (Å²) in [6.07, 6.45) is 3.46. The Labute approximate surface area is 194 Å². The van der Waals surface area contributed by atoms with E-state index >= 15 is 0 Å². The van der Waals surface area contributed by atoms with E-state index in [4.69, 9.17) is 4.74 Å². The van der Waals surface area contributed by atoms with Crippen LogP contribution in [0.15, 0.2) is 30.5 Å². The lowest BCUT2D eigenvalue weighted by atomic mass is 9.81. The summed E-state index contributed by atoms with van der Waals surface area (Å²) >= 11 is 0.